The third-order valence-electron chi connectivity index (χ3n) is 3.10. The summed E-state index contributed by atoms with van der Waals surface area (Å²) in [6.45, 7) is 4.58. The van der Waals surface area contributed by atoms with E-state index in [1.165, 1.54) is 0 Å². The molecule has 4 heteroatoms. The predicted octanol–water partition coefficient (Wildman–Crippen LogP) is 3.62. The summed E-state index contributed by atoms with van der Waals surface area (Å²) in [6.07, 6.45) is 1.70. The summed E-state index contributed by atoms with van der Waals surface area (Å²) in [5, 5.41) is 2.97. The van der Waals surface area contributed by atoms with E-state index in [-0.39, 0.29) is 5.91 Å². The number of hydrogen-bond donors (Lipinski definition) is 1. The number of amides is 1. The average molecular weight is 357 g/mol. The normalized spacial score (nSPS) is 15.3. The molecule has 1 aliphatic heterocycles. The molecule has 1 heterocycles. The number of anilines is 1. The van der Waals surface area contributed by atoms with Crippen molar-refractivity contribution in [1.82, 2.24) is 0 Å². The molecule has 1 aliphatic rings. The minimum Gasteiger partial charge on any atom is -0.498 e. The number of carbonyl (C=O) groups is 1. The van der Waals surface area contributed by atoms with Crippen LogP contribution in [-0.4, -0.2) is 12.5 Å². The molecule has 2 rings (SSSR count). The molecule has 1 aromatic rings. The Hall–Kier alpha value is -1.04. The van der Waals surface area contributed by atoms with Crippen molar-refractivity contribution < 1.29 is 9.53 Å². The van der Waals surface area contributed by atoms with Crippen molar-refractivity contribution in [3.8, 4) is 0 Å². The minimum atomic E-state index is -0.0442. The lowest BCUT2D eigenvalue weighted by molar-refractivity contribution is -0.113. The molecule has 1 aromatic carbocycles. The van der Waals surface area contributed by atoms with E-state index in [4.69, 9.17) is 4.74 Å². The fourth-order valence-electron chi connectivity index (χ4n) is 1.95. The maximum absolute atomic E-state index is 12.2. The van der Waals surface area contributed by atoms with E-state index in [0.717, 1.165) is 39.0 Å². The van der Waals surface area contributed by atoms with Gasteiger partial charge in [0.1, 0.15) is 5.76 Å². The van der Waals surface area contributed by atoms with Gasteiger partial charge < -0.3 is 10.1 Å². The largest absolute Gasteiger partial charge is 0.498 e. The van der Waals surface area contributed by atoms with Crippen LogP contribution in [0.3, 0.4) is 0 Å². The number of rotatable bonds is 2. The Labute approximate surface area is 121 Å². The molecule has 1 amide bonds. The van der Waals surface area contributed by atoms with Crippen molar-refractivity contribution in [1.29, 1.82) is 0 Å². The Morgan fingerprint density at radius 1 is 1.39 bits per heavy atom. The lowest BCUT2D eigenvalue weighted by Gasteiger charge is -2.19. The summed E-state index contributed by atoms with van der Waals surface area (Å²) in [5.41, 5.74) is 2.73. The van der Waals surface area contributed by atoms with Crippen LogP contribution < -0.4 is 5.32 Å². The van der Waals surface area contributed by atoms with Gasteiger partial charge in [-0.3, -0.25) is 4.79 Å². The summed E-state index contributed by atoms with van der Waals surface area (Å²) < 4.78 is 6.57. The van der Waals surface area contributed by atoms with Crippen molar-refractivity contribution in [2.24, 2.45) is 0 Å². The number of allylic oxidation sites excluding steroid dienone is 1. The van der Waals surface area contributed by atoms with Gasteiger partial charge in [-0.15, -0.1) is 0 Å². The molecule has 0 unspecified atom stereocenters. The van der Waals surface area contributed by atoms with Crippen LogP contribution in [0.25, 0.3) is 0 Å². The molecular weight excluding hydrogens is 341 g/mol. The summed E-state index contributed by atoms with van der Waals surface area (Å²) in [5.74, 6) is 0.708. The standard InChI is InChI=1S/C14H16INO2/c1-9-12(15)6-3-7-13(9)16-14(17)11-5-4-8-18-10(11)2/h3,6-7H,4-5,8H2,1-2H3,(H,16,17). The van der Waals surface area contributed by atoms with Gasteiger partial charge >= 0.3 is 0 Å². The van der Waals surface area contributed by atoms with E-state index >= 15 is 0 Å². The van der Waals surface area contributed by atoms with Crippen LogP contribution in [0.2, 0.25) is 0 Å². The Morgan fingerprint density at radius 2 is 2.17 bits per heavy atom. The van der Waals surface area contributed by atoms with Gasteiger partial charge in [-0.25, -0.2) is 0 Å². The molecule has 0 radical (unpaired) electrons. The summed E-state index contributed by atoms with van der Waals surface area (Å²) in [4.78, 5) is 12.2. The maximum Gasteiger partial charge on any atom is 0.254 e. The highest BCUT2D eigenvalue weighted by Gasteiger charge is 2.18. The second kappa shape index (κ2) is 5.73. The smallest absolute Gasteiger partial charge is 0.254 e. The molecule has 0 bridgehead atoms. The van der Waals surface area contributed by atoms with Gasteiger partial charge in [0.15, 0.2) is 0 Å². The summed E-state index contributed by atoms with van der Waals surface area (Å²) in [7, 11) is 0. The van der Waals surface area contributed by atoms with Crippen LogP contribution in [0.5, 0.6) is 0 Å². The van der Waals surface area contributed by atoms with Crippen LogP contribution in [0.15, 0.2) is 29.5 Å². The van der Waals surface area contributed by atoms with Gasteiger partial charge in [0.05, 0.1) is 12.2 Å². The fraction of sp³-hybridized carbons (Fsp3) is 0.357. The van der Waals surface area contributed by atoms with Crippen molar-refractivity contribution >= 4 is 34.2 Å². The number of benzene rings is 1. The molecule has 0 aromatic heterocycles. The first kappa shape index (κ1) is 13.4. The summed E-state index contributed by atoms with van der Waals surface area (Å²) in [6, 6.07) is 5.90. The molecule has 3 nitrogen and oxygen atoms in total. The van der Waals surface area contributed by atoms with Crippen LogP contribution in [0, 0.1) is 10.5 Å². The molecule has 0 saturated carbocycles. The zero-order valence-corrected chi connectivity index (χ0v) is 12.7. The van der Waals surface area contributed by atoms with Gasteiger partial charge in [-0.1, -0.05) is 6.07 Å². The number of carbonyl (C=O) groups excluding carboxylic acids is 1. The first-order valence-corrected chi connectivity index (χ1v) is 7.06. The summed E-state index contributed by atoms with van der Waals surface area (Å²) >= 11 is 2.27. The Morgan fingerprint density at radius 3 is 2.89 bits per heavy atom. The maximum atomic E-state index is 12.2. The molecule has 96 valence electrons. The third kappa shape index (κ3) is 2.85. The molecule has 0 fully saturated rings. The molecule has 1 N–H and O–H groups in total. The monoisotopic (exact) mass is 357 g/mol. The van der Waals surface area contributed by atoms with Crippen LogP contribution >= 0.6 is 22.6 Å². The first-order chi connectivity index (χ1) is 8.59. The fourth-order valence-corrected chi connectivity index (χ4v) is 2.45. The zero-order valence-electron chi connectivity index (χ0n) is 10.5. The number of ether oxygens (including phenoxy) is 1. The highest BCUT2D eigenvalue weighted by atomic mass is 127. The van der Waals surface area contributed by atoms with E-state index in [0.29, 0.717) is 6.61 Å². The Bertz CT molecular complexity index is 509. The highest BCUT2D eigenvalue weighted by molar-refractivity contribution is 14.1. The van der Waals surface area contributed by atoms with E-state index in [2.05, 4.69) is 27.9 Å². The van der Waals surface area contributed by atoms with Crippen molar-refractivity contribution in [3.05, 3.63) is 38.7 Å². The predicted molar refractivity (Wildman–Crippen MR) is 80.4 cm³/mol. The van der Waals surface area contributed by atoms with Gasteiger partial charge in [-0.2, -0.15) is 0 Å². The van der Waals surface area contributed by atoms with Crippen molar-refractivity contribution in [3.63, 3.8) is 0 Å². The van der Waals surface area contributed by atoms with Crippen LogP contribution in [-0.2, 0) is 9.53 Å². The van der Waals surface area contributed by atoms with E-state index in [1.54, 1.807) is 0 Å². The van der Waals surface area contributed by atoms with Crippen LogP contribution in [0.4, 0.5) is 5.69 Å². The Balaban J connectivity index is 2.19. The van der Waals surface area contributed by atoms with Gasteiger partial charge in [0.25, 0.3) is 5.91 Å². The van der Waals surface area contributed by atoms with E-state index in [9.17, 15) is 4.79 Å². The van der Waals surface area contributed by atoms with Gasteiger partial charge in [0.2, 0.25) is 0 Å². The highest BCUT2D eigenvalue weighted by Crippen LogP contribution is 2.24. The van der Waals surface area contributed by atoms with Crippen molar-refractivity contribution in [2.75, 3.05) is 11.9 Å². The average Bonchev–Trinajstić information content (AvgIpc) is 2.35. The number of nitrogens with one attached hydrogen (secondary N) is 1. The molecule has 0 saturated heterocycles. The SMILES string of the molecule is CC1=C(C(=O)Nc2cccc(I)c2C)CCCO1. The second-order valence-electron chi connectivity index (χ2n) is 4.35. The van der Waals surface area contributed by atoms with E-state index in [1.807, 2.05) is 32.0 Å². The molecule has 0 spiro atoms. The molecule has 0 aliphatic carbocycles. The van der Waals surface area contributed by atoms with Gasteiger partial charge in [-0.05, 0) is 67.0 Å². The molecular formula is C14H16INO2. The topological polar surface area (TPSA) is 38.3 Å². The van der Waals surface area contributed by atoms with Gasteiger partial charge in [0, 0.05) is 9.26 Å². The third-order valence-corrected chi connectivity index (χ3v) is 4.27. The lowest BCUT2D eigenvalue weighted by Crippen LogP contribution is -2.20. The first-order valence-electron chi connectivity index (χ1n) is 5.98. The lowest BCUT2D eigenvalue weighted by atomic mass is 10.1. The quantitative estimate of drug-likeness (QED) is 0.821. The molecule has 0 atom stereocenters. The number of hydrogen-bond acceptors (Lipinski definition) is 2. The van der Waals surface area contributed by atoms with Crippen molar-refractivity contribution in [2.45, 2.75) is 26.7 Å². The van der Waals surface area contributed by atoms with Crippen LogP contribution in [0.1, 0.15) is 25.3 Å². The minimum absolute atomic E-state index is 0.0442. The molecule has 18 heavy (non-hydrogen) atoms. The second-order valence-corrected chi connectivity index (χ2v) is 5.52. The zero-order chi connectivity index (χ0) is 13.1. The van der Waals surface area contributed by atoms with E-state index < -0.39 is 0 Å². The Kier molecular flexibility index (Phi) is 4.27. The number of halogens is 1.